The zero-order valence-corrected chi connectivity index (χ0v) is 12.6. The first-order valence-electron chi connectivity index (χ1n) is 6.52. The molecule has 1 aromatic carbocycles. The van der Waals surface area contributed by atoms with Gasteiger partial charge < -0.3 is 10.4 Å². The fraction of sp³-hybridized carbons (Fsp3) is 0.267. The highest BCUT2D eigenvalue weighted by molar-refractivity contribution is 7.09. The van der Waals surface area contributed by atoms with Crippen molar-refractivity contribution in [1.82, 2.24) is 10.3 Å². The number of hydrogen-bond acceptors (Lipinski definition) is 4. The van der Waals surface area contributed by atoms with E-state index in [0.29, 0.717) is 12.0 Å². The molecule has 0 spiro atoms. The van der Waals surface area contributed by atoms with E-state index in [1.807, 2.05) is 19.2 Å². The average molecular weight is 304 g/mol. The van der Waals surface area contributed by atoms with Crippen molar-refractivity contribution < 1.29 is 14.7 Å². The van der Waals surface area contributed by atoms with Crippen LogP contribution in [0.2, 0.25) is 0 Å². The summed E-state index contributed by atoms with van der Waals surface area (Å²) in [5.41, 5.74) is -0.147. The van der Waals surface area contributed by atoms with Crippen LogP contribution in [0.1, 0.15) is 46.0 Å². The molecular weight excluding hydrogens is 288 g/mol. The van der Waals surface area contributed by atoms with Gasteiger partial charge in [-0.1, -0.05) is 13.0 Å². The van der Waals surface area contributed by atoms with Crippen LogP contribution in [0.3, 0.4) is 0 Å². The number of nitrogens with zero attached hydrogens (tertiary/aromatic N) is 1. The monoisotopic (exact) mass is 304 g/mol. The second-order valence-corrected chi connectivity index (χ2v) is 5.76. The summed E-state index contributed by atoms with van der Waals surface area (Å²) in [4.78, 5) is 27.6. The minimum atomic E-state index is -1.05. The van der Waals surface area contributed by atoms with E-state index in [-0.39, 0.29) is 11.5 Å². The van der Waals surface area contributed by atoms with Crippen molar-refractivity contribution >= 4 is 23.2 Å². The topological polar surface area (TPSA) is 79.3 Å². The number of carbonyl (C=O) groups excluding carboxylic acids is 1. The first-order chi connectivity index (χ1) is 9.96. The van der Waals surface area contributed by atoms with Crippen LogP contribution in [0.4, 0.5) is 0 Å². The van der Waals surface area contributed by atoms with Gasteiger partial charge in [-0.05, 0) is 31.5 Å². The van der Waals surface area contributed by atoms with Gasteiger partial charge in [0.05, 0.1) is 11.1 Å². The number of benzene rings is 1. The maximum absolute atomic E-state index is 12.4. The van der Waals surface area contributed by atoms with Gasteiger partial charge in [-0.3, -0.25) is 4.79 Å². The number of aromatic nitrogens is 1. The van der Waals surface area contributed by atoms with Gasteiger partial charge in [0.25, 0.3) is 5.91 Å². The number of thiazole rings is 1. The van der Waals surface area contributed by atoms with Gasteiger partial charge in [0, 0.05) is 17.1 Å². The Morgan fingerprint density at radius 3 is 2.67 bits per heavy atom. The van der Waals surface area contributed by atoms with E-state index in [9.17, 15) is 9.59 Å². The van der Waals surface area contributed by atoms with Gasteiger partial charge in [-0.15, -0.1) is 11.3 Å². The van der Waals surface area contributed by atoms with Crippen LogP contribution in [0, 0.1) is 0 Å². The first-order valence-corrected chi connectivity index (χ1v) is 7.40. The number of amides is 1. The molecule has 5 nitrogen and oxygen atoms in total. The van der Waals surface area contributed by atoms with E-state index in [1.54, 1.807) is 18.3 Å². The Labute approximate surface area is 126 Å². The minimum Gasteiger partial charge on any atom is -0.478 e. The number of aromatic carboxylic acids is 1. The van der Waals surface area contributed by atoms with Gasteiger partial charge in [0.1, 0.15) is 5.01 Å². The Bertz CT molecular complexity index is 655. The molecule has 6 heteroatoms. The Hall–Kier alpha value is -2.21. The molecule has 2 aromatic rings. The molecular formula is C15H16N2O3S. The Morgan fingerprint density at radius 2 is 2.10 bits per heavy atom. The predicted molar refractivity (Wildman–Crippen MR) is 80.6 cm³/mol. The largest absolute Gasteiger partial charge is 0.478 e. The Balaban J connectivity index is 2.24. The molecule has 2 rings (SSSR count). The van der Waals surface area contributed by atoms with Crippen molar-refractivity contribution in [1.29, 1.82) is 0 Å². The summed E-state index contributed by atoms with van der Waals surface area (Å²) < 4.78 is 0. The van der Waals surface area contributed by atoms with E-state index in [0.717, 1.165) is 5.01 Å². The van der Waals surface area contributed by atoms with Crippen molar-refractivity contribution in [3.63, 3.8) is 0 Å². The summed E-state index contributed by atoms with van der Waals surface area (Å²) in [6, 6.07) is 5.99. The van der Waals surface area contributed by atoms with E-state index >= 15 is 0 Å². The maximum Gasteiger partial charge on any atom is 0.335 e. The fourth-order valence-corrected chi connectivity index (χ4v) is 2.73. The van der Waals surface area contributed by atoms with Crippen molar-refractivity contribution in [3.8, 4) is 0 Å². The average Bonchev–Trinajstić information content (AvgIpc) is 3.02. The molecule has 0 aliphatic carbocycles. The maximum atomic E-state index is 12.4. The van der Waals surface area contributed by atoms with Gasteiger partial charge >= 0.3 is 5.97 Å². The van der Waals surface area contributed by atoms with Crippen LogP contribution in [0.25, 0.3) is 0 Å². The van der Waals surface area contributed by atoms with E-state index in [1.165, 1.54) is 23.5 Å². The molecule has 1 atom stereocenters. The van der Waals surface area contributed by atoms with Crippen LogP contribution in [-0.2, 0) is 5.54 Å². The van der Waals surface area contributed by atoms with E-state index in [4.69, 9.17) is 5.11 Å². The smallest absolute Gasteiger partial charge is 0.335 e. The molecule has 110 valence electrons. The summed E-state index contributed by atoms with van der Waals surface area (Å²) in [5, 5.41) is 14.6. The molecule has 0 aliphatic heterocycles. The highest BCUT2D eigenvalue weighted by atomic mass is 32.1. The number of carbonyl (C=O) groups is 2. The molecule has 0 saturated heterocycles. The van der Waals surface area contributed by atoms with Crippen LogP contribution in [0.15, 0.2) is 35.8 Å². The molecule has 0 fully saturated rings. The lowest BCUT2D eigenvalue weighted by molar-refractivity contribution is 0.0697. The van der Waals surface area contributed by atoms with Crippen molar-refractivity contribution in [2.45, 2.75) is 25.8 Å². The van der Waals surface area contributed by atoms with Crippen LogP contribution < -0.4 is 5.32 Å². The predicted octanol–water partition coefficient (Wildman–Crippen LogP) is 2.90. The van der Waals surface area contributed by atoms with Crippen LogP contribution in [-0.4, -0.2) is 22.0 Å². The summed E-state index contributed by atoms with van der Waals surface area (Å²) in [6.07, 6.45) is 2.38. The third-order valence-electron chi connectivity index (χ3n) is 3.37. The molecule has 1 heterocycles. The first kappa shape index (κ1) is 15.2. The quantitative estimate of drug-likeness (QED) is 0.890. The third kappa shape index (κ3) is 3.28. The van der Waals surface area contributed by atoms with Crippen molar-refractivity contribution in [3.05, 3.63) is 52.0 Å². The number of carboxylic acid groups (broad SMARTS) is 1. The summed E-state index contributed by atoms with van der Waals surface area (Å²) >= 11 is 1.48. The molecule has 1 unspecified atom stereocenters. The summed E-state index contributed by atoms with van der Waals surface area (Å²) in [6.45, 7) is 3.88. The summed E-state index contributed by atoms with van der Waals surface area (Å²) in [5.74, 6) is -1.36. The Kier molecular flexibility index (Phi) is 4.37. The highest BCUT2D eigenvalue weighted by Gasteiger charge is 2.29. The molecule has 1 amide bonds. The van der Waals surface area contributed by atoms with Crippen LogP contribution >= 0.6 is 11.3 Å². The fourth-order valence-electron chi connectivity index (χ4n) is 1.91. The minimum absolute atomic E-state index is 0.0927. The standard InChI is InChI=1S/C15H16N2O3S/c1-3-15(2,14-16-7-8-21-14)17-12(18)10-5-4-6-11(9-10)13(19)20/h4-9H,3H2,1-2H3,(H,17,18)(H,19,20). The van der Waals surface area contributed by atoms with E-state index < -0.39 is 11.5 Å². The lowest BCUT2D eigenvalue weighted by Crippen LogP contribution is -2.43. The second-order valence-electron chi connectivity index (χ2n) is 4.86. The third-order valence-corrected chi connectivity index (χ3v) is 4.41. The molecule has 21 heavy (non-hydrogen) atoms. The van der Waals surface area contributed by atoms with Crippen LogP contribution in [0.5, 0.6) is 0 Å². The van der Waals surface area contributed by atoms with Gasteiger partial charge in [-0.25, -0.2) is 9.78 Å². The Morgan fingerprint density at radius 1 is 1.38 bits per heavy atom. The molecule has 0 aliphatic rings. The lowest BCUT2D eigenvalue weighted by Gasteiger charge is -2.27. The number of carboxylic acids is 1. The molecule has 2 N–H and O–H groups in total. The van der Waals surface area contributed by atoms with Gasteiger partial charge in [-0.2, -0.15) is 0 Å². The number of hydrogen-bond donors (Lipinski definition) is 2. The molecule has 0 bridgehead atoms. The number of rotatable bonds is 5. The second kappa shape index (κ2) is 6.05. The van der Waals surface area contributed by atoms with Gasteiger partial charge in [0.15, 0.2) is 0 Å². The van der Waals surface area contributed by atoms with E-state index in [2.05, 4.69) is 10.3 Å². The van der Waals surface area contributed by atoms with Gasteiger partial charge in [0.2, 0.25) is 0 Å². The zero-order valence-electron chi connectivity index (χ0n) is 11.8. The zero-order chi connectivity index (χ0) is 15.5. The normalized spacial score (nSPS) is 13.4. The summed E-state index contributed by atoms with van der Waals surface area (Å²) in [7, 11) is 0. The molecule has 0 saturated carbocycles. The SMILES string of the molecule is CCC(C)(NC(=O)c1cccc(C(=O)O)c1)c1nccs1. The molecule has 1 aromatic heterocycles. The lowest BCUT2D eigenvalue weighted by atomic mass is 9.99. The van der Waals surface area contributed by atoms with Crippen molar-refractivity contribution in [2.24, 2.45) is 0 Å². The molecule has 0 radical (unpaired) electrons. The number of nitrogens with one attached hydrogen (secondary N) is 1. The van der Waals surface area contributed by atoms with Crippen molar-refractivity contribution in [2.75, 3.05) is 0 Å². The highest BCUT2D eigenvalue weighted by Crippen LogP contribution is 2.26.